The summed E-state index contributed by atoms with van der Waals surface area (Å²) >= 11 is 0. The second-order valence-corrected chi connectivity index (χ2v) is 9.67. The molecule has 0 aromatic rings. The molecule has 0 unspecified atom stereocenters. The average molecular weight is 398 g/mol. The van der Waals surface area contributed by atoms with Gasteiger partial charge in [-0.05, 0) is 62.6 Å². The molecule has 0 saturated carbocycles. The highest BCUT2D eigenvalue weighted by Crippen LogP contribution is 2.35. The fraction of sp³-hybridized carbons (Fsp3) is 0.857. The first-order chi connectivity index (χ1) is 12.9. The predicted octanol–water partition coefficient (Wildman–Crippen LogP) is 1.97. The Balaban J connectivity index is 3.12. The number of carbonyl (C=O) groups is 3. The Morgan fingerprint density at radius 1 is 1.11 bits per heavy atom. The molecule has 1 heterocycles. The third-order valence-electron chi connectivity index (χ3n) is 5.75. The molecule has 1 aliphatic heterocycles. The second kappa shape index (κ2) is 10.2. The standard InChI is InChI=1S/C21H39N3O4/c1-13(2)12-15(14-8-10-24(7)11-9-14)16(20(27)28)18(25)23-17(19(26)22-6)21(3,4)5/h13-17H,8-12H2,1-7H3,(H,22,26)(H,23,25)(H,27,28)/t15-,16+,17-/m1/s1. The third kappa shape index (κ3) is 6.76. The molecular weight excluding hydrogens is 358 g/mol. The number of carboxylic acids is 1. The van der Waals surface area contributed by atoms with Crippen LogP contribution in [0.3, 0.4) is 0 Å². The van der Waals surface area contributed by atoms with Crippen molar-refractivity contribution in [2.45, 2.75) is 59.9 Å². The quantitative estimate of drug-likeness (QED) is 0.544. The van der Waals surface area contributed by atoms with Gasteiger partial charge in [-0.25, -0.2) is 0 Å². The molecule has 3 atom stereocenters. The Morgan fingerprint density at radius 3 is 2.04 bits per heavy atom. The lowest BCUT2D eigenvalue weighted by atomic mass is 9.72. The van der Waals surface area contributed by atoms with Crippen molar-refractivity contribution in [3.8, 4) is 0 Å². The van der Waals surface area contributed by atoms with Crippen LogP contribution in [0.15, 0.2) is 0 Å². The molecule has 1 saturated heterocycles. The fourth-order valence-electron chi connectivity index (χ4n) is 4.14. The highest BCUT2D eigenvalue weighted by atomic mass is 16.4. The molecule has 0 aliphatic carbocycles. The van der Waals surface area contributed by atoms with E-state index in [2.05, 4.69) is 36.4 Å². The number of nitrogens with one attached hydrogen (secondary N) is 2. The number of likely N-dealkylation sites (tertiary alicyclic amines) is 1. The minimum Gasteiger partial charge on any atom is -0.481 e. The first-order valence-electron chi connectivity index (χ1n) is 10.3. The molecule has 0 aromatic heterocycles. The largest absolute Gasteiger partial charge is 0.481 e. The summed E-state index contributed by atoms with van der Waals surface area (Å²) in [5, 5.41) is 15.3. The van der Waals surface area contributed by atoms with E-state index in [9.17, 15) is 19.5 Å². The molecule has 1 rings (SSSR count). The molecule has 1 fully saturated rings. The highest BCUT2D eigenvalue weighted by molar-refractivity contribution is 5.99. The Kier molecular flexibility index (Phi) is 8.92. The van der Waals surface area contributed by atoms with E-state index >= 15 is 0 Å². The van der Waals surface area contributed by atoms with Crippen molar-refractivity contribution in [2.24, 2.45) is 29.1 Å². The maximum Gasteiger partial charge on any atom is 0.316 e. The van der Waals surface area contributed by atoms with Crippen LogP contribution in [-0.2, 0) is 14.4 Å². The van der Waals surface area contributed by atoms with E-state index in [1.165, 1.54) is 7.05 Å². The zero-order valence-electron chi connectivity index (χ0n) is 18.5. The molecule has 0 aromatic carbocycles. The summed E-state index contributed by atoms with van der Waals surface area (Å²) in [6.45, 7) is 11.5. The first kappa shape index (κ1) is 24.4. The van der Waals surface area contributed by atoms with E-state index in [1.54, 1.807) is 0 Å². The van der Waals surface area contributed by atoms with E-state index in [0.717, 1.165) is 25.9 Å². The molecule has 0 bridgehead atoms. The van der Waals surface area contributed by atoms with Crippen molar-refractivity contribution in [3.05, 3.63) is 0 Å². The van der Waals surface area contributed by atoms with Crippen LogP contribution in [0.4, 0.5) is 0 Å². The number of rotatable bonds is 8. The lowest BCUT2D eigenvalue weighted by molar-refractivity contribution is -0.152. The average Bonchev–Trinajstić information content (AvgIpc) is 2.57. The zero-order valence-corrected chi connectivity index (χ0v) is 18.5. The topological polar surface area (TPSA) is 98.7 Å². The van der Waals surface area contributed by atoms with Crippen molar-refractivity contribution < 1.29 is 19.5 Å². The SMILES string of the molecule is CNC(=O)[C@@H](NC(=O)[C@@H](C(=O)O)[C@H](CC(C)C)C1CCN(C)CC1)C(C)(C)C. The fourth-order valence-corrected chi connectivity index (χ4v) is 4.14. The maximum absolute atomic E-state index is 13.1. The summed E-state index contributed by atoms with van der Waals surface area (Å²) in [5.74, 6) is -2.88. The lowest BCUT2D eigenvalue weighted by Gasteiger charge is -2.38. The zero-order chi connectivity index (χ0) is 21.6. The van der Waals surface area contributed by atoms with Gasteiger partial charge in [-0.3, -0.25) is 14.4 Å². The molecule has 7 nitrogen and oxygen atoms in total. The van der Waals surface area contributed by atoms with Gasteiger partial charge in [0.15, 0.2) is 0 Å². The van der Waals surface area contributed by atoms with Crippen molar-refractivity contribution in [1.82, 2.24) is 15.5 Å². The highest BCUT2D eigenvalue weighted by Gasteiger charge is 2.43. The number of aliphatic carboxylic acids is 1. The summed E-state index contributed by atoms with van der Waals surface area (Å²) in [6, 6.07) is -0.788. The summed E-state index contributed by atoms with van der Waals surface area (Å²) in [6.07, 6.45) is 2.46. The van der Waals surface area contributed by atoms with Crippen LogP contribution in [0, 0.1) is 29.1 Å². The molecule has 162 valence electrons. The van der Waals surface area contributed by atoms with Gasteiger partial charge in [-0.2, -0.15) is 0 Å². The van der Waals surface area contributed by atoms with Crippen molar-refractivity contribution >= 4 is 17.8 Å². The molecule has 1 aliphatic rings. The van der Waals surface area contributed by atoms with Gasteiger partial charge in [-0.1, -0.05) is 34.6 Å². The monoisotopic (exact) mass is 397 g/mol. The molecule has 0 spiro atoms. The third-order valence-corrected chi connectivity index (χ3v) is 5.75. The van der Waals surface area contributed by atoms with Gasteiger partial charge in [0.05, 0.1) is 0 Å². The van der Waals surface area contributed by atoms with E-state index in [-0.39, 0.29) is 23.7 Å². The summed E-state index contributed by atoms with van der Waals surface area (Å²) in [4.78, 5) is 39.8. The second-order valence-electron chi connectivity index (χ2n) is 9.67. The summed E-state index contributed by atoms with van der Waals surface area (Å²) in [5.41, 5.74) is -0.528. The molecule has 2 amide bonds. The van der Waals surface area contributed by atoms with Crippen LogP contribution < -0.4 is 10.6 Å². The minimum atomic E-state index is -1.15. The van der Waals surface area contributed by atoms with Crippen LogP contribution in [0.2, 0.25) is 0 Å². The van der Waals surface area contributed by atoms with Gasteiger partial charge in [-0.15, -0.1) is 0 Å². The van der Waals surface area contributed by atoms with E-state index in [0.29, 0.717) is 6.42 Å². The van der Waals surface area contributed by atoms with E-state index in [4.69, 9.17) is 0 Å². The first-order valence-corrected chi connectivity index (χ1v) is 10.3. The van der Waals surface area contributed by atoms with Crippen molar-refractivity contribution in [2.75, 3.05) is 27.2 Å². The van der Waals surface area contributed by atoms with Gasteiger partial charge in [0.1, 0.15) is 12.0 Å². The van der Waals surface area contributed by atoms with Gasteiger partial charge in [0, 0.05) is 7.05 Å². The van der Waals surface area contributed by atoms with Crippen LogP contribution >= 0.6 is 0 Å². The summed E-state index contributed by atoms with van der Waals surface area (Å²) < 4.78 is 0. The molecular formula is C21H39N3O4. The Bertz CT molecular complexity index is 548. The number of piperidine rings is 1. The van der Waals surface area contributed by atoms with Crippen molar-refractivity contribution in [3.63, 3.8) is 0 Å². The lowest BCUT2D eigenvalue weighted by Crippen LogP contribution is -2.56. The van der Waals surface area contributed by atoms with Crippen LogP contribution in [0.25, 0.3) is 0 Å². The smallest absolute Gasteiger partial charge is 0.316 e. The van der Waals surface area contributed by atoms with Crippen LogP contribution in [-0.4, -0.2) is 61.0 Å². The van der Waals surface area contributed by atoms with Gasteiger partial charge in [0.25, 0.3) is 0 Å². The van der Waals surface area contributed by atoms with Crippen LogP contribution in [0.5, 0.6) is 0 Å². The number of hydrogen-bond acceptors (Lipinski definition) is 4. The number of likely N-dealkylation sites (N-methyl/N-ethyl adjacent to an activating group) is 1. The molecule has 28 heavy (non-hydrogen) atoms. The Labute approximate surface area is 169 Å². The number of nitrogens with zero attached hydrogens (tertiary/aromatic N) is 1. The van der Waals surface area contributed by atoms with Crippen molar-refractivity contribution in [1.29, 1.82) is 0 Å². The van der Waals surface area contributed by atoms with Crippen LogP contribution in [0.1, 0.15) is 53.9 Å². The Morgan fingerprint density at radius 2 is 1.64 bits per heavy atom. The molecule has 0 radical (unpaired) electrons. The Hall–Kier alpha value is -1.63. The summed E-state index contributed by atoms with van der Waals surface area (Å²) in [7, 11) is 3.58. The van der Waals surface area contributed by atoms with E-state index < -0.39 is 29.3 Å². The predicted molar refractivity (Wildman–Crippen MR) is 110 cm³/mol. The molecule has 3 N–H and O–H groups in total. The number of carboxylic acid groups (broad SMARTS) is 1. The number of carbonyl (C=O) groups excluding carboxylic acids is 2. The number of hydrogen-bond donors (Lipinski definition) is 3. The normalized spacial score (nSPS) is 19.7. The number of amides is 2. The van der Waals surface area contributed by atoms with Gasteiger partial charge in [0.2, 0.25) is 11.8 Å². The minimum absolute atomic E-state index is 0.193. The van der Waals surface area contributed by atoms with E-state index in [1.807, 2.05) is 20.8 Å². The van der Waals surface area contributed by atoms with Gasteiger partial charge < -0.3 is 20.6 Å². The van der Waals surface area contributed by atoms with Gasteiger partial charge >= 0.3 is 5.97 Å². The molecule has 7 heteroatoms. The maximum atomic E-state index is 13.1.